The van der Waals surface area contributed by atoms with Gasteiger partial charge in [0.15, 0.2) is 0 Å². The van der Waals surface area contributed by atoms with Gasteiger partial charge in [0.05, 0.1) is 5.02 Å². The predicted octanol–water partition coefficient (Wildman–Crippen LogP) is 3.17. The molecule has 1 aromatic rings. The molecule has 0 saturated carbocycles. The van der Waals surface area contributed by atoms with Crippen LogP contribution in [0.3, 0.4) is 0 Å². The summed E-state index contributed by atoms with van der Waals surface area (Å²) in [5, 5.41) is 4.04. The van der Waals surface area contributed by atoms with Crippen LogP contribution in [0.15, 0.2) is 18.2 Å². The van der Waals surface area contributed by atoms with E-state index in [1.54, 1.807) is 0 Å². The zero-order valence-electron chi connectivity index (χ0n) is 9.85. The molecule has 0 atom stereocenters. The zero-order valence-corrected chi connectivity index (χ0v) is 10.6. The molecule has 0 unspecified atom stereocenters. The van der Waals surface area contributed by atoms with Crippen molar-refractivity contribution in [3.05, 3.63) is 28.8 Å². The summed E-state index contributed by atoms with van der Waals surface area (Å²) < 4.78 is 6.08. The Labute approximate surface area is 102 Å². The molecule has 1 N–H and O–H groups in total. The van der Waals surface area contributed by atoms with E-state index in [0.717, 1.165) is 31.7 Å². The van der Waals surface area contributed by atoms with Gasteiger partial charge in [-0.15, -0.1) is 0 Å². The molecule has 0 bridgehead atoms. The Morgan fingerprint density at radius 1 is 1.31 bits per heavy atom. The summed E-state index contributed by atoms with van der Waals surface area (Å²) >= 11 is 6.14. The number of hydrogen-bond acceptors (Lipinski definition) is 2. The largest absolute Gasteiger partial charge is 0.486 e. The lowest BCUT2D eigenvalue weighted by molar-refractivity contribution is 0.0556. The van der Waals surface area contributed by atoms with Crippen molar-refractivity contribution in [1.82, 2.24) is 5.32 Å². The molecule has 0 spiro atoms. The van der Waals surface area contributed by atoms with E-state index in [0.29, 0.717) is 5.02 Å². The summed E-state index contributed by atoms with van der Waals surface area (Å²) in [6.45, 7) is 6.24. The van der Waals surface area contributed by atoms with Crippen LogP contribution in [-0.4, -0.2) is 18.7 Å². The second-order valence-electron chi connectivity index (χ2n) is 4.74. The lowest BCUT2D eigenvalue weighted by Crippen LogP contribution is -2.43. The van der Waals surface area contributed by atoms with Crippen molar-refractivity contribution in [2.75, 3.05) is 13.1 Å². The molecule has 1 fully saturated rings. The van der Waals surface area contributed by atoms with Gasteiger partial charge in [-0.3, -0.25) is 0 Å². The van der Waals surface area contributed by atoms with Gasteiger partial charge < -0.3 is 10.1 Å². The molecule has 0 amide bonds. The summed E-state index contributed by atoms with van der Waals surface area (Å²) in [4.78, 5) is 0. The van der Waals surface area contributed by atoms with E-state index in [-0.39, 0.29) is 5.60 Å². The first-order valence-electron chi connectivity index (χ1n) is 5.75. The first kappa shape index (κ1) is 11.7. The van der Waals surface area contributed by atoms with Crippen LogP contribution in [0.2, 0.25) is 5.02 Å². The maximum Gasteiger partial charge on any atom is 0.138 e. The quantitative estimate of drug-likeness (QED) is 0.856. The fraction of sp³-hybridized carbons (Fsp3) is 0.538. The number of halogens is 1. The molecule has 1 heterocycles. The molecule has 88 valence electrons. The third kappa shape index (κ3) is 2.69. The molecule has 0 aromatic heterocycles. The standard InChI is InChI=1S/C13H18ClNO/c1-10-3-4-11(14)12(9-10)16-13(2)5-7-15-8-6-13/h3-4,9,15H,5-8H2,1-2H3. The Balaban J connectivity index is 2.15. The van der Waals surface area contributed by atoms with E-state index in [1.807, 2.05) is 25.1 Å². The predicted molar refractivity (Wildman–Crippen MR) is 67.3 cm³/mol. The van der Waals surface area contributed by atoms with Gasteiger partial charge in [-0.05, 0) is 57.5 Å². The summed E-state index contributed by atoms with van der Waals surface area (Å²) in [7, 11) is 0. The van der Waals surface area contributed by atoms with Gasteiger partial charge in [0, 0.05) is 0 Å². The molecule has 1 aliphatic heterocycles. The Morgan fingerprint density at radius 2 is 2.00 bits per heavy atom. The zero-order chi connectivity index (χ0) is 11.6. The third-order valence-corrected chi connectivity index (χ3v) is 3.42. The van der Waals surface area contributed by atoms with Gasteiger partial charge >= 0.3 is 0 Å². The maximum absolute atomic E-state index is 6.14. The van der Waals surface area contributed by atoms with Crippen LogP contribution in [0.25, 0.3) is 0 Å². The number of aryl methyl sites for hydroxylation is 1. The lowest BCUT2D eigenvalue weighted by Gasteiger charge is -2.35. The highest BCUT2D eigenvalue weighted by molar-refractivity contribution is 6.32. The van der Waals surface area contributed by atoms with Crippen LogP contribution in [0.5, 0.6) is 5.75 Å². The van der Waals surface area contributed by atoms with Gasteiger partial charge in [-0.2, -0.15) is 0 Å². The minimum Gasteiger partial charge on any atom is -0.486 e. The number of piperidine rings is 1. The Kier molecular flexibility index (Phi) is 3.41. The van der Waals surface area contributed by atoms with Gasteiger partial charge in [-0.25, -0.2) is 0 Å². The molecule has 2 rings (SSSR count). The average Bonchev–Trinajstić information content (AvgIpc) is 2.24. The molecule has 1 aromatic carbocycles. The van der Waals surface area contributed by atoms with Crippen LogP contribution in [-0.2, 0) is 0 Å². The van der Waals surface area contributed by atoms with Crippen molar-refractivity contribution in [3.63, 3.8) is 0 Å². The highest BCUT2D eigenvalue weighted by atomic mass is 35.5. The lowest BCUT2D eigenvalue weighted by atomic mass is 9.94. The molecular formula is C13H18ClNO. The Morgan fingerprint density at radius 3 is 2.69 bits per heavy atom. The third-order valence-electron chi connectivity index (χ3n) is 3.10. The number of hydrogen-bond donors (Lipinski definition) is 1. The van der Waals surface area contributed by atoms with E-state index < -0.39 is 0 Å². The van der Waals surface area contributed by atoms with Crippen molar-refractivity contribution in [1.29, 1.82) is 0 Å². The topological polar surface area (TPSA) is 21.3 Å². The highest BCUT2D eigenvalue weighted by Gasteiger charge is 2.29. The van der Waals surface area contributed by atoms with Crippen LogP contribution in [0, 0.1) is 6.92 Å². The van der Waals surface area contributed by atoms with Crippen LogP contribution in [0.1, 0.15) is 25.3 Å². The molecule has 1 aliphatic rings. The molecule has 0 aliphatic carbocycles. The first-order valence-corrected chi connectivity index (χ1v) is 6.13. The molecular weight excluding hydrogens is 222 g/mol. The normalized spacial score (nSPS) is 19.4. The number of benzene rings is 1. The summed E-state index contributed by atoms with van der Waals surface area (Å²) in [6, 6.07) is 5.91. The van der Waals surface area contributed by atoms with E-state index in [2.05, 4.69) is 12.2 Å². The Hall–Kier alpha value is -0.730. The van der Waals surface area contributed by atoms with Crippen LogP contribution < -0.4 is 10.1 Å². The minimum atomic E-state index is -0.0807. The van der Waals surface area contributed by atoms with Gasteiger partial charge in [0.1, 0.15) is 11.4 Å². The van der Waals surface area contributed by atoms with E-state index >= 15 is 0 Å². The molecule has 3 heteroatoms. The van der Waals surface area contributed by atoms with Crippen LogP contribution >= 0.6 is 11.6 Å². The fourth-order valence-corrected chi connectivity index (χ4v) is 2.17. The van der Waals surface area contributed by atoms with E-state index in [9.17, 15) is 0 Å². The summed E-state index contributed by atoms with van der Waals surface area (Å²) in [5.74, 6) is 0.811. The monoisotopic (exact) mass is 239 g/mol. The van der Waals surface area contributed by atoms with Crippen molar-refractivity contribution in [3.8, 4) is 5.75 Å². The number of nitrogens with one attached hydrogen (secondary N) is 1. The van der Waals surface area contributed by atoms with Crippen molar-refractivity contribution in [2.45, 2.75) is 32.3 Å². The molecule has 1 saturated heterocycles. The molecule has 16 heavy (non-hydrogen) atoms. The number of rotatable bonds is 2. The average molecular weight is 240 g/mol. The van der Waals surface area contributed by atoms with Crippen LogP contribution in [0.4, 0.5) is 0 Å². The molecule has 2 nitrogen and oxygen atoms in total. The summed E-state index contributed by atoms with van der Waals surface area (Å²) in [6.07, 6.45) is 2.05. The van der Waals surface area contributed by atoms with Gasteiger partial charge in [0.2, 0.25) is 0 Å². The van der Waals surface area contributed by atoms with Crippen molar-refractivity contribution in [2.24, 2.45) is 0 Å². The Bertz CT molecular complexity index is 372. The second-order valence-corrected chi connectivity index (χ2v) is 5.14. The smallest absolute Gasteiger partial charge is 0.138 e. The second kappa shape index (κ2) is 4.64. The maximum atomic E-state index is 6.14. The fourth-order valence-electron chi connectivity index (χ4n) is 2.01. The van der Waals surface area contributed by atoms with Gasteiger partial charge in [0.25, 0.3) is 0 Å². The van der Waals surface area contributed by atoms with Crippen molar-refractivity contribution < 1.29 is 4.74 Å². The van der Waals surface area contributed by atoms with E-state index in [1.165, 1.54) is 5.56 Å². The highest BCUT2D eigenvalue weighted by Crippen LogP contribution is 2.32. The first-order chi connectivity index (χ1) is 7.59. The van der Waals surface area contributed by atoms with Gasteiger partial charge in [-0.1, -0.05) is 17.7 Å². The van der Waals surface area contributed by atoms with E-state index in [4.69, 9.17) is 16.3 Å². The molecule has 0 radical (unpaired) electrons. The van der Waals surface area contributed by atoms with Crippen molar-refractivity contribution >= 4 is 11.6 Å². The summed E-state index contributed by atoms with van der Waals surface area (Å²) in [5.41, 5.74) is 1.10. The number of ether oxygens (including phenoxy) is 1. The minimum absolute atomic E-state index is 0.0807. The SMILES string of the molecule is Cc1ccc(Cl)c(OC2(C)CCNCC2)c1.